The lowest BCUT2D eigenvalue weighted by Crippen LogP contribution is -2.10. The monoisotopic (exact) mass is 369 g/mol. The molecule has 0 atom stereocenters. The van der Waals surface area contributed by atoms with E-state index in [2.05, 4.69) is 37.9 Å². The molecule has 0 fully saturated rings. The van der Waals surface area contributed by atoms with Crippen LogP contribution in [-0.2, 0) is 16.6 Å². The van der Waals surface area contributed by atoms with Gasteiger partial charge in [-0.05, 0) is 35.2 Å². The summed E-state index contributed by atoms with van der Waals surface area (Å²) in [7, 11) is 0. The fraction of sp³-hybridized carbons (Fsp3) is 0.238. The number of hydrogen-bond acceptors (Lipinski definition) is 3. The van der Waals surface area contributed by atoms with Crippen molar-refractivity contribution in [3.63, 3.8) is 0 Å². The number of rotatable bonds is 4. The van der Waals surface area contributed by atoms with E-state index in [-0.39, 0.29) is 17.7 Å². The van der Waals surface area contributed by atoms with E-state index < -0.39 is 5.97 Å². The molecule has 0 radical (unpaired) electrons. The zero-order valence-electron chi connectivity index (χ0n) is 14.9. The molecule has 0 amide bonds. The molecular formula is C21H20FNO2S. The molecule has 3 aromatic rings. The third-order valence-electron chi connectivity index (χ3n) is 4.12. The van der Waals surface area contributed by atoms with Gasteiger partial charge in [-0.1, -0.05) is 45.0 Å². The number of benzene rings is 2. The van der Waals surface area contributed by atoms with Crippen LogP contribution < -0.4 is 0 Å². The number of hydrogen-bond donors (Lipinski definition) is 1. The number of carboxylic acids is 1. The van der Waals surface area contributed by atoms with Crippen LogP contribution in [-0.4, -0.2) is 16.1 Å². The SMILES string of the molecule is CC(C)(C)c1ccc(-c2nc(-c3ccc(F)cc3)c(CC(=O)O)s2)cc1. The number of nitrogens with zero attached hydrogens (tertiary/aromatic N) is 1. The van der Waals surface area contributed by atoms with E-state index in [9.17, 15) is 14.3 Å². The molecule has 0 unspecified atom stereocenters. The van der Waals surface area contributed by atoms with E-state index in [1.807, 2.05) is 12.1 Å². The summed E-state index contributed by atoms with van der Waals surface area (Å²) in [5, 5.41) is 9.97. The Morgan fingerprint density at radius 1 is 1.04 bits per heavy atom. The molecule has 2 aromatic carbocycles. The normalized spacial score (nSPS) is 11.5. The van der Waals surface area contributed by atoms with Gasteiger partial charge in [0.1, 0.15) is 10.8 Å². The van der Waals surface area contributed by atoms with E-state index in [1.165, 1.54) is 29.0 Å². The summed E-state index contributed by atoms with van der Waals surface area (Å²) in [6.07, 6.45) is -0.107. The Kier molecular flexibility index (Phi) is 4.92. The molecule has 26 heavy (non-hydrogen) atoms. The lowest BCUT2D eigenvalue weighted by atomic mass is 9.87. The minimum Gasteiger partial charge on any atom is -0.481 e. The van der Waals surface area contributed by atoms with Crippen molar-refractivity contribution in [2.75, 3.05) is 0 Å². The molecule has 0 saturated heterocycles. The van der Waals surface area contributed by atoms with Crippen molar-refractivity contribution < 1.29 is 14.3 Å². The van der Waals surface area contributed by atoms with Gasteiger partial charge in [0.05, 0.1) is 12.1 Å². The molecule has 5 heteroatoms. The second kappa shape index (κ2) is 7.00. The summed E-state index contributed by atoms with van der Waals surface area (Å²) in [6, 6.07) is 14.1. The smallest absolute Gasteiger partial charge is 0.308 e. The van der Waals surface area contributed by atoms with Crippen LogP contribution in [0.2, 0.25) is 0 Å². The molecule has 0 spiro atoms. The number of carboxylic acid groups (broad SMARTS) is 1. The molecule has 1 heterocycles. The predicted octanol–water partition coefficient (Wildman–Crippen LogP) is 5.54. The Balaban J connectivity index is 2.03. The molecule has 0 bridgehead atoms. The Bertz CT molecular complexity index is 922. The van der Waals surface area contributed by atoms with Crippen LogP contribution in [0, 0.1) is 5.82 Å². The molecule has 0 aliphatic rings. The minimum atomic E-state index is -0.911. The second-order valence-electron chi connectivity index (χ2n) is 7.20. The standard InChI is InChI=1S/C21H20FNO2S/c1-21(2,3)15-8-4-14(5-9-15)20-23-19(17(26-20)12-18(24)25)13-6-10-16(22)11-7-13/h4-11H,12H2,1-3H3,(H,24,25). The highest BCUT2D eigenvalue weighted by molar-refractivity contribution is 7.15. The van der Waals surface area contributed by atoms with E-state index in [0.29, 0.717) is 10.6 Å². The predicted molar refractivity (Wildman–Crippen MR) is 103 cm³/mol. The molecule has 3 rings (SSSR count). The summed E-state index contributed by atoms with van der Waals surface area (Å²) in [5.41, 5.74) is 3.56. The second-order valence-corrected chi connectivity index (χ2v) is 8.28. The van der Waals surface area contributed by atoms with Crippen LogP contribution in [0.1, 0.15) is 31.2 Å². The Labute approximate surface area is 156 Å². The average molecular weight is 369 g/mol. The van der Waals surface area contributed by atoms with Crippen molar-refractivity contribution in [1.29, 1.82) is 0 Å². The fourth-order valence-electron chi connectivity index (χ4n) is 2.68. The minimum absolute atomic E-state index is 0.0646. The van der Waals surface area contributed by atoms with E-state index in [1.54, 1.807) is 12.1 Å². The first-order valence-corrected chi connectivity index (χ1v) is 9.14. The van der Waals surface area contributed by atoms with Crippen molar-refractivity contribution in [2.24, 2.45) is 0 Å². The van der Waals surface area contributed by atoms with Gasteiger partial charge in [-0.3, -0.25) is 4.79 Å². The van der Waals surface area contributed by atoms with Crippen LogP contribution in [0.5, 0.6) is 0 Å². The van der Waals surface area contributed by atoms with Gasteiger partial charge in [-0.2, -0.15) is 0 Å². The summed E-state index contributed by atoms with van der Waals surface area (Å²) >= 11 is 1.37. The van der Waals surface area contributed by atoms with Gasteiger partial charge in [0.25, 0.3) is 0 Å². The van der Waals surface area contributed by atoms with E-state index in [0.717, 1.165) is 16.1 Å². The molecule has 3 nitrogen and oxygen atoms in total. The molecule has 1 aromatic heterocycles. The number of carbonyl (C=O) groups is 1. The lowest BCUT2D eigenvalue weighted by Gasteiger charge is -2.18. The molecule has 134 valence electrons. The zero-order valence-corrected chi connectivity index (χ0v) is 15.7. The summed E-state index contributed by atoms with van der Waals surface area (Å²) in [6.45, 7) is 6.47. The Morgan fingerprint density at radius 3 is 2.15 bits per heavy atom. The van der Waals surface area contributed by atoms with Crippen molar-refractivity contribution in [3.05, 3.63) is 64.8 Å². The van der Waals surface area contributed by atoms with Crippen LogP contribution in [0.15, 0.2) is 48.5 Å². The number of aromatic nitrogens is 1. The number of aliphatic carboxylic acids is 1. The van der Waals surface area contributed by atoms with Crippen LogP contribution in [0.4, 0.5) is 4.39 Å². The maximum Gasteiger partial charge on any atom is 0.308 e. The zero-order chi connectivity index (χ0) is 18.9. The first-order chi connectivity index (χ1) is 12.2. The highest BCUT2D eigenvalue weighted by atomic mass is 32.1. The van der Waals surface area contributed by atoms with Crippen LogP contribution >= 0.6 is 11.3 Å². The van der Waals surface area contributed by atoms with Gasteiger partial charge in [0, 0.05) is 16.0 Å². The third-order valence-corrected chi connectivity index (χ3v) is 5.23. The number of thiazole rings is 1. The van der Waals surface area contributed by atoms with E-state index in [4.69, 9.17) is 0 Å². The quantitative estimate of drug-likeness (QED) is 0.657. The van der Waals surface area contributed by atoms with Crippen LogP contribution in [0.25, 0.3) is 21.8 Å². The van der Waals surface area contributed by atoms with Gasteiger partial charge in [0.2, 0.25) is 0 Å². The maximum atomic E-state index is 13.2. The lowest BCUT2D eigenvalue weighted by molar-refractivity contribution is -0.136. The summed E-state index contributed by atoms with van der Waals surface area (Å²) < 4.78 is 13.2. The summed E-state index contributed by atoms with van der Waals surface area (Å²) in [5.74, 6) is -1.24. The molecule has 1 N–H and O–H groups in total. The average Bonchev–Trinajstić information content (AvgIpc) is 2.98. The maximum absolute atomic E-state index is 13.2. The highest BCUT2D eigenvalue weighted by Crippen LogP contribution is 2.35. The Hall–Kier alpha value is -2.53. The highest BCUT2D eigenvalue weighted by Gasteiger charge is 2.18. The fourth-order valence-corrected chi connectivity index (χ4v) is 3.76. The topological polar surface area (TPSA) is 50.2 Å². The summed E-state index contributed by atoms with van der Waals surface area (Å²) in [4.78, 5) is 16.5. The first-order valence-electron chi connectivity index (χ1n) is 8.32. The van der Waals surface area contributed by atoms with Gasteiger partial charge < -0.3 is 5.11 Å². The van der Waals surface area contributed by atoms with Gasteiger partial charge in [0.15, 0.2) is 0 Å². The molecule has 0 saturated carbocycles. The van der Waals surface area contributed by atoms with Crippen molar-refractivity contribution in [3.8, 4) is 21.8 Å². The largest absolute Gasteiger partial charge is 0.481 e. The van der Waals surface area contributed by atoms with Crippen LogP contribution in [0.3, 0.4) is 0 Å². The van der Waals surface area contributed by atoms with Gasteiger partial charge in [-0.25, -0.2) is 9.37 Å². The molecule has 0 aliphatic heterocycles. The third kappa shape index (κ3) is 3.99. The van der Waals surface area contributed by atoms with E-state index >= 15 is 0 Å². The van der Waals surface area contributed by atoms with Crippen molar-refractivity contribution in [1.82, 2.24) is 4.98 Å². The van der Waals surface area contributed by atoms with Gasteiger partial charge >= 0.3 is 5.97 Å². The first kappa shape index (κ1) is 18.3. The Morgan fingerprint density at radius 2 is 1.62 bits per heavy atom. The number of halogens is 1. The molecular weight excluding hydrogens is 349 g/mol. The molecule has 0 aliphatic carbocycles. The van der Waals surface area contributed by atoms with Crippen molar-refractivity contribution in [2.45, 2.75) is 32.6 Å². The van der Waals surface area contributed by atoms with Gasteiger partial charge in [-0.15, -0.1) is 11.3 Å². The van der Waals surface area contributed by atoms with Crippen molar-refractivity contribution >= 4 is 17.3 Å².